The Bertz CT molecular complexity index is 1240. The zero-order valence-electron chi connectivity index (χ0n) is 16.1. The Morgan fingerprint density at radius 2 is 2.00 bits per heavy atom. The van der Waals surface area contributed by atoms with Gasteiger partial charge in [-0.1, -0.05) is 12.1 Å². The Hall–Kier alpha value is -3.55. The number of thiocarbonyl (C=S) groups is 1. The van der Waals surface area contributed by atoms with E-state index in [0.29, 0.717) is 10.6 Å². The van der Waals surface area contributed by atoms with E-state index in [1.165, 1.54) is 34.4 Å². The van der Waals surface area contributed by atoms with Crippen LogP contribution in [0.25, 0.3) is 11.3 Å². The lowest BCUT2D eigenvalue weighted by molar-refractivity contribution is -0.384. The van der Waals surface area contributed by atoms with Crippen LogP contribution in [0.4, 0.5) is 10.7 Å². The number of rotatable bonds is 4. The number of benzene rings is 1. The third kappa shape index (κ3) is 4.19. The fraction of sp³-hybridized carbons (Fsp3) is 0.190. The van der Waals surface area contributed by atoms with Crippen molar-refractivity contribution in [3.63, 3.8) is 0 Å². The lowest BCUT2D eigenvalue weighted by Gasteiger charge is -2.09. The first-order valence-corrected chi connectivity index (χ1v) is 10.7. The lowest BCUT2D eigenvalue weighted by Crippen LogP contribution is -2.33. The topological polar surface area (TPSA) is 121 Å². The average Bonchev–Trinajstić information content (AvgIpc) is 3.38. The molecule has 2 heterocycles. The van der Waals surface area contributed by atoms with E-state index in [2.05, 4.69) is 16.7 Å². The number of fused-ring (bicyclic) bond motifs is 1. The highest BCUT2D eigenvalue weighted by Gasteiger charge is 2.23. The lowest BCUT2D eigenvalue weighted by atomic mass is 9.96. The van der Waals surface area contributed by atoms with E-state index in [9.17, 15) is 20.2 Å². The van der Waals surface area contributed by atoms with Gasteiger partial charge < -0.3 is 9.73 Å². The predicted octanol–water partition coefficient (Wildman–Crippen LogP) is 4.79. The first-order valence-electron chi connectivity index (χ1n) is 9.48. The molecule has 0 radical (unpaired) electrons. The highest BCUT2D eigenvalue weighted by molar-refractivity contribution is 7.80. The maximum Gasteiger partial charge on any atom is 0.293 e. The number of carbonyl (C=O) groups excluding carboxylic acids is 1. The van der Waals surface area contributed by atoms with Gasteiger partial charge in [-0.25, -0.2) is 0 Å². The van der Waals surface area contributed by atoms with Crippen LogP contribution in [0.5, 0.6) is 0 Å². The van der Waals surface area contributed by atoms with Crippen LogP contribution in [0.3, 0.4) is 0 Å². The molecule has 31 heavy (non-hydrogen) atoms. The number of amides is 1. The van der Waals surface area contributed by atoms with E-state index >= 15 is 0 Å². The second-order valence-electron chi connectivity index (χ2n) is 6.87. The number of para-hydroxylation sites is 1. The van der Waals surface area contributed by atoms with E-state index in [0.717, 1.165) is 31.2 Å². The summed E-state index contributed by atoms with van der Waals surface area (Å²) < 4.78 is 5.53. The van der Waals surface area contributed by atoms with Crippen molar-refractivity contribution in [1.82, 2.24) is 5.32 Å². The molecule has 2 aromatic heterocycles. The van der Waals surface area contributed by atoms with E-state index in [1.807, 2.05) is 0 Å². The first-order chi connectivity index (χ1) is 15.0. The Morgan fingerprint density at radius 1 is 1.23 bits per heavy atom. The van der Waals surface area contributed by atoms with Crippen LogP contribution in [0.2, 0.25) is 0 Å². The van der Waals surface area contributed by atoms with E-state index < -0.39 is 10.8 Å². The summed E-state index contributed by atoms with van der Waals surface area (Å²) in [6.45, 7) is 0. The molecule has 8 nitrogen and oxygen atoms in total. The van der Waals surface area contributed by atoms with Crippen LogP contribution >= 0.6 is 23.6 Å². The van der Waals surface area contributed by atoms with Crippen molar-refractivity contribution in [3.05, 3.63) is 68.3 Å². The van der Waals surface area contributed by atoms with Crippen LogP contribution in [-0.4, -0.2) is 15.9 Å². The first kappa shape index (κ1) is 20.7. The fourth-order valence-corrected chi connectivity index (χ4v) is 5.02. The van der Waals surface area contributed by atoms with Gasteiger partial charge in [0.1, 0.15) is 16.8 Å². The number of aryl methyl sites for hydroxylation is 1. The number of hydrogen-bond donors (Lipinski definition) is 2. The number of anilines is 1. The average molecular weight is 453 g/mol. The third-order valence-electron chi connectivity index (χ3n) is 4.93. The molecule has 0 fully saturated rings. The molecule has 0 spiro atoms. The molecule has 3 aromatic rings. The molecule has 1 aliphatic carbocycles. The molecule has 0 unspecified atom stereocenters. The second kappa shape index (κ2) is 8.67. The van der Waals surface area contributed by atoms with Gasteiger partial charge in [-0.2, -0.15) is 5.26 Å². The minimum atomic E-state index is -0.595. The van der Waals surface area contributed by atoms with E-state index in [1.54, 1.807) is 18.2 Å². The van der Waals surface area contributed by atoms with Crippen molar-refractivity contribution in [2.24, 2.45) is 0 Å². The van der Waals surface area contributed by atoms with Gasteiger partial charge >= 0.3 is 0 Å². The van der Waals surface area contributed by atoms with Crippen molar-refractivity contribution >= 4 is 45.3 Å². The summed E-state index contributed by atoms with van der Waals surface area (Å²) in [5, 5.41) is 26.9. The normalized spacial score (nSPS) is 12.5. The predicted molar refractivity (Wildman–Crippen MR) is 120 cm³/mol. The monoisotopic (exact) mass is 452 g/mol. The number of nitro groups is 1. The summed E-state index contributed by atoms with van der Waals surface area (Å²) in [6.07, 6.45) is 3.96. The molecule has 156 valence electrons. The third-order valence-corrected chi connectivity index (χ3v) is 6.34. The number of nitriles is 1. The van der Waals surface area contributed by atoms with Gasteiger partial charge in [0, 0.05) is 10.9 Å². The standard InChI is InChI=1S/C21H16N4O4S2/c22-11-14-12-5-2-4-8-18(12)31-20(14)24-21(30)23-19(26)17-10-9-16(29-17)13-6-1-3-7-15(13)25(27)28/h1,3,6-7,9-10H,2,4-5,8H2,(H2,23,24,26,30). The Kier molecular flexibility index (Phi) is 5.79. The van der Waals surface area contributed by atoms with Crippen molar-refractivity contribution in [2.45, 2.75) is 25.7 Å². The van der Waals surface area contributed by atoms with Crippen LogP contribution in [-0.2, 0) is 12.8 Å². The number of nitrogens with one attached hydrogen (secondary N) is 2. The summed E-state index contributed by atoms with van der Waals surface area (Å²) in [6, 6.07) is 11.3. The Morgan fingerprint density at radius 3 is 2.77 bits per heavy atom. The van der Waals surface area contributed by atoms with Gasteiger partial charge in [0.15, 0.2) is 10.9 Å². The van der Waals surface area contributed by atoms with Gasteiger partial charge in [0.2, 0.25) is 0 Å². The zero-order valence-corrected chi connectivity index (χ0v) is 17.8. The molecule has 1 aromatic carbocycles. The summed E-state index contributed by atoms with van der Waals surface area (Å²) in [4.78, 5) is 24.4. The van der Waals surface area contributed by atoms with Gasteiger partial charge in [-0.3, -0.25) is 20.2 Å². The highest BCUT2D eigenvalue weighted by Crippen LogP contribution is 2.37. The quantitative estimate of drug-likeness (QED) is 0.331. The number of thiophene rings is 1. The molecule has 10 heteroatoms. The number of hydrogen-bond acceptors (Lipinski definition) is 7. The molecule has 2 N–H and O–H groups in total. The SMILES string of the molecule is N#Cc1c(NC(=S)NC(=O)c2ccc(-c3ccccc3[N+](=O)[O-])o2)sc2c1CCCC2. The maximum atomic E-state index is 12.5. The molecular formula is C21H16N4O4S2. The smallest absolute Gasteiger partial charge is 0.293 e. The van der Waals surface area contributed by atoms with Crippen molar-refractivity contribution < 1.29 is 14.1 Å². The zero-order chi connectivity index (χ0) is 22.0. The highest BCUT2D eigenvalue weighted by atomic mass is 32.1. The minimum absolute atomic E-state index is 0.0386. The molecule has 1 amide bonds. The summed E-state index contributed by atoms with van der Waals surface area (Å²) in [7, 11) is 0. The van der Waals surface area contributed by atoms with Crippen LogP contribution < -0.4 is 10.6 Å². The molecule has 0 aliphatic heterocycles. The molecule has 0 saturated heterocycles. The summed E-state index contributed by atoms with van der Waals surface area (Å²) in [5.41, 5.74) is 1.80. The van der Waals surface area contributed by atoms with Gasteiger partial charge in [-0.15, -0.1) is 11.3 Å². The minimum Gasteiger partial charge on any atom is -0.451 e. The Labute approximate surface area is 186 Å². The fourth-order valence-electron chi connectivity index (χ4n) is 3.52. The van der Waals surface area contributed by atoms with Gasteiger partial charge in [0.05, 0.1) is 16.1 Å². The van der Waals surface area contributed by atoms with Crippen molar-refractivity contribution in [2.75, 3.05) is 5.32 Å². The second-order valence-corrected chi connectivity index (χ2v) is 8.39. The number of nitrogens with zero attached hydrogens (tertiary/aromatic N) is 2. The summed E-state index contributed by atoms with van der Waals surface area (Å²) >= 11 is 6.72. The number of furan rings is 1. The molecule has 0 bridgehead atoms. The van der Waals surface area contributed by atoms with Gasteiger partial charge in [-0.05, 0) is 61.7 Å². The molecular weight excluding hydrogens is 436 g/mol. The van der Waals surface area contributed by atoms with E-state index in [-0.39, 0.29) is 27.9 Å². The molecule has 0 saturated carbocycles. The Balaban J connectivity index is 1.48. The molecule has 4 rings (SSSR count). The maximum absolute atomic E-state index is 12.5. The van der Waals surface area contributed by atoms with Crippen molar-refractivity contribution in [3.8, 4) is 17.4 Å². The van der Waals surface area contributed by atoms with Crippen molar-refractivity contribution in [1.29, 1.82) is 5.26 Å². The summed E-state index contributed by atoms with van der Waals surface area (Å²) in [5.74, 6) is -0.431. The number of carbonyl (C=O) groups is 1. The van der Waals surface area contributed by atoms with Crippen LogP contribution in [0.15, 0.2) is 40.8 Å². The van der Waals surface area contributed by atoms with E-state index in [4.69, 9.17) is 16.6 Å². The number of nitro benzene ring substituents is 1. The van der Waals surface area contributed by atoms with Crippen LogP contribution in [0, 0.1) is 21.4 Å². The largest absolute Gasteiger partial charge is 0.451 e. The molecule has 1 aliphatic rings. The molecule has 0 atom stereocenters. The van der Waals surface area contributed by atoms with Crippen LogP contribution in [0.1, 0.15) is 39.4 Å². The van der Waals surface area contributed by atoms with Gasteiger partial charge in [0.25, 0.3) is 11.6 Å².